The Labute approximate surface area is 103 Å². The van der Waals surface area contributed by atoms with Crippen LogP contribution in [0.4, 0.5) is 5.82 Å². The van der Waals surface area contributed by atoms with E-state index in [1.807, 2.05) is 28.9 Å². The summed E-state index contributed by atoms with van der Waals surface area (Å²) >= 11 is 3.54. The van der Waals surface area contributed by atoms with E-state index in [4.69, 9.17) is 5.73 Å². The number of rotatable bonds is 2. The van der Waals surface area contributed by atoms with Crippen LogP contribution < -0.4 is 5.73 Å². The number of anilines is 1. The van der Waals surface area contributed by atoms with Gasteiger partial charge in [-0.15, -0.1) is 0 Å². The summed E-state index contributed by atoms with van der Waals surface area (Å²) in [5.74, 6) is 0.555. The smallest absolute Gasteiger partial charge is 0.146 e. The van der Waals surface area contributed by atoms with Crippen LogP contribution in [0.3, 0.4) is 0 Å². The third kappa shape index (κ3) is 1.97. The molecule has 1 aromatic carbocycles. The summed E-state index contributed by atoms with van der Waals surface area (Å²) in [6.07, 6.45) is 0. The summed E-state index contributed by atoms with van der Waals surface area (Å²) in [5, 5.41) is 4.30. The lowest BCUT2D eigenvalue weighted by atomic mass is 10.1. The summed E-state index contributed by atoms with van der Waals surface area (Å²) < 4.78 is 2.99. The highest BCUT2D eigenvalue weighted by Gasteiger charge is 2.12. The van der Waals surface area contributed by atoms with Gasteiger partial charge in [0.25, 0.3) is 0 Å². The second kappa shape index (κ2) is 4.29. The third-order valence-corrected chi connectivity index (χ3v) is 3.09. The molecule has 0 aliphatic carbocycles. The van der Waals surface area contributed by atoms with Crippen molar-refractivity contribution in [3.05, 3.63) is 34.8 Å². The van der Waals surface area contributed by atoms with Gasteiger partial charge in [-0.25, -0.2) is 0 Å². The van der Waals surface area contributed by atoms with E-state index in [9.17, 15) is 0 Å². The molecule has 84 valence electrons. The lowest BCUT2D eigenvalue weighted by Gasteiger charge is -2.11. The predicted molar refractivity (Wildman–Crippen MR) is 70.2 cm³/mol. The minimum absolute atomic E-state index is 0.291. The van der Waals surface area contributed by atoms with Crippen molar-refractivity contribution in [2.24, 2.45) is 0 Å². The van der Waals surface area contributed by atoms with E-state index >= 15 is 0 Å². The fourth-order valence-electron chi connectivity index (χ4n) is 1.68. The van der Waals surface area contributed by atoms with Crippen LogP contribution in [0.2, 0.25) is 0 Å². The van der Waals surface area contributed by atoms with E-state index < -0.39 is 0 Å². The van der Waals surface area contributed by atoms with E-state index in [0.29, 0.717) is 11.9 Å². The molecule has 0 spiro atoms. The Morgan fingerprint density at radius 2 is 2.00 bits per heavy atom. The van der Waals surface area contributed by atoms with E-state index in [1.165, 1.54) is 0 Å². The average Bonchev–Trinajstić information content (AvgIpc) is 2.61. The van der Waals surface area contributed by atoms with Crippen molar-refractivity contribution in [2.75, 3.05) is 5.73 Å². The van der Waals surface area contributed by atoms with Crippen molar-refractivity contribution < 1.29 is 0 Å². The number of benzene rings is 1. The molecular weight excluding hydrogens is 266 g/mol. The molecule has 4 heteroatoms. The van der Waals surface area contributed by atoms with Crippen LogP contribution in [0.1, 0.15) is 19.9 Å². The second-order valence-electron chi connectivity index (χ2n) is 3.97. The largest absolute Gasteiger partial charge is 0.382 e. The van der Waals surface area contributed by atoms with Gasteiger partial charge in [0.05, 0.1) is 5.69 Å². The Hall–Kier alpha value is -1.29. The van der Waals surface area contributed by atoms with Gasteiger partial charge in [-0.1, -0.05) is 34.1 Å². The van der Waals surface area contributed by atoms with Crippen molar-refractivity contribution in [1.29, 1.82) is 0 Å². The van der Waals surface area contributed by atoms with Gasteiger partial charge in [0.1, 0.15) is 5.82 Å². The van der Waals surface area contributed by atoms with E-state index in [-0.39, 0.29) is 0 Å². The maximum Gasteiger partial charge on any atom is 0.146 e. The first kappa shape index (κ1) is 11.2. The lowest BCUT2D eigenvalue weighted by Crippen LogP contribution is -2.05. The summed E-state index contributed by atoms with van der Waals surface area (Å²) in [7, 11) is 0. The van der Waals surface area contributed by atoms with Gasteiger partial charge in [-0.05, 0) is 19.9 Å². The van der Waals surface area contributed by atoms with Crippen LogP contribution in [0.15, 0.2) is 34.8 Å². The first-order chi connectivity index (χ1) is 7.59. The monoisotopic (exact) mass is 279 g/mol. The molecule has 2 N–H and O–H groups in total. The molecule has 0 bridgehead atoms. The zero-order chi connectivity index (χ0) is 11.7. The number of aromatic nitrogens is 2. The standard InChI is InChI=1S/C12H14BrN3/c1-8(2)16-11(7-12(14)15-16)9-5-3-4-6-10(9)13/h3-8H,1-2H3,(H2,14,15). The second-order valence-corrected chi connectivity index (χ2v) is 4.83. The molecular formula is C12H14BrN3. The summed E-state index contributed by atoms with van der Waals surface area (Å²) in [5.41, 5.74) is 7.91. The van der Waals surface area contributed by atoms with Gasteiger partial charge in [0.15, 0.2) is 0 Å². The SMILES string of the molecule is CC(C)n1nc(N)cc1-c1ccccc1Br. The molecule has 0 unspecified atom stereocenters. The van der Waals surface area contributed by atoms with Gasteiger partial charge >= 0.3 is 0 Å². The maximum absolute atomic E-state index is 5.76. The normalized spacial score (nSPS) is 11.0. The van der Waals surface area contributed by atoms with E-state index in [0.717, 1.165) is 15.7 Å². The molecule has 0 aliphatic rings. The lowest BCUT2D eigenvalue weighted by molar-refractivity contribution is 0.540. The van der Waals surface area contributed by atoms with E-state index in [2.05, 4.69) is 40.9 Å². The van der Waals surface area contributed by atoms with E-state index in [1.54, 1.807) is 0 Å². The van der Waals surface area contributed by atoms with Crippen LogP contribution >= 0.6 is 15.9 Å². The third-order valence-electron chi connectivity index (χ3n) is 2.39. The van der Waals surface area contributed by atoms with Crippen LogP contribution in [-0.2, 0) is 0 Å². The maximum atomic E-state index is 5.76. The average molecular weight is 280 g/mol. The molecule has 16 heavy (non-hydrogen) atoms. The number of hydrogen-bond donors (Lipinski definition) is 1. The van der Waals surface area contributed by atoms with Crippen LogP contribution in [0.5, 0.6) is 0 Å². The molecule has 0 saturated heterocycles. The van der Waals surface area contributed by atoms with Crippen molar-refractivity contribution in [3.63, 3.8) is 0 Å². The Morgan fingerprint density at radius 1 is 1.31 bits per heavy atom. The first-order valence-electron chi connectivity index (χ1n) is 5.19. The number of halogens is 1. The Kier molecular flexibility index (Phi) is 3.01. The molecule has 1 aromatic heterocycles. The quantitative estimate of drug-likeness (QED) is 0.915. The Morgan fingerprint density at radius 3 is 2.62 bits per heavy atom. The number of nitrogens with zero attached hydrogens (tertiary/aromatic N) is 2. The number of nitrogens with two attached hydrogens (primary N) is 1. The molecule has 0 aliphatic heterocycles. The van der Waals surface area contributed by atoms with Crippen molar-refractivity contribution in [2.45, 2.75) is 19.9 Å². The molecule has 1 heterocycles. The molecule has 0 fully saturated rings. The van der Waals surface area contributed by atoms with Crippen LogP contribution in [-0.4, -0.2) is 9.78 Å². The molecule has 2 aromatic rings. The van der Waals surface area contributed by atoms with Gasteiger partial charge < -0.3 is 5.73 Å². The topological polar surface area (TPSA) is 43.8 Å². The Balaban J connectivity index is 2.60. The molecule has 3 nitrogen and oxygen atoms in total. The number of hydrogen-bond acceptors (Lipinski definition) is 2. The summed E-state index contributed by atoms with van der Waals surface area (Å²) in [6, 6.07) is 10.3. The van der Waals surface area contributed by atoms with Gasteiger partial charge in [-0.2, -0.15) is 5.10 Å². The number of nitrogen functional groups attached to an aromatic ring is 1. The van der Waals surface area contributed by atoms with Crippen molar-refractivity contribution >= 4 is 21.7 Å². The molecule has 0 saturated carbocycles. The zero-order valence-corrected chi connectivity index (χ0v) is 10.9. The van der Waals surface area contributed by atoms with Crippen LogP contribution in [0.25, 0.3) is 11.3 Å². The zero-order valence-electron chi connectivity index (χ0n) is 9.31. The molecule has 0 radical (unpaired) electrons. The summed E-state index contributed by atoms with van der Waals surface area (Å²) in [6.45, 7) is 4.18. The fraction of sp³-hybridized carbons (Fsp3) is 0.250. The fourth-order valence-corrected chi connectivity index (χ4v) is 2.16. The highest BCUT2D eigenvalue weighted by atomic mass is 79.9. The minimum Gasteiger partial charge on any atom is -0.382 e. The predicted octanol–water partition coefficient (Wildman–Crippen LogP) is 3.48. The van der Waals surface area contributed by atoms with Gasteiger partial charge in [0, 0.05) is 22.1 Å². The van der Waals surface area contributed by atoms with Crippen molar-refractivity contribution in [3.8, 4) is 11.3 Å². The molecule has 0 atom stereocenters. The summed E-state index contributed by atoms with van der Waals surface area (Å²) in [4.78, 5) is 0. The van der Waals surface area contributed by atoms with Crippen LogP contribution in [0, 0.1) is 0 Å². The highest BCUT2D eigenvalue weighted by molar-refractivity contribution is 9.10. The first-order valence-corrected chi connectivity index (χ1v) is 5.99. The Bertz CT molecular complexity index is 503. The van der Waals surface area contributed by atoms with Gasteiger partial charge in [-0.3, -0.25) is 4.68 Å². The molecule has 2 rings (SSSR count). The van der Waals surface area contributed by atoms with Crippen molar-refractivity contribution in [1.82, 2.24) is 9.78 Å². The highest BCUT2D eigenvalue weighted by Crippen LogP contribution is 2.30. The van der Waals surface area contributed by atoms with Gasteiger partial charge in [0.2, 0.25) is 0 Å². The molecule has 0 amide bonds. The minimum atomic E-state index is 0.291.